The number of hydrogen-bond donors (Lipinski definition) is 0. The van der Waals surface area contributed by atoms with Crippen LogP contribution in [0.25, 0.3) is 0 Å². The summed E-state index contributed by atoms with van der Waals surface area (Å²) in [6, 6.07) is 0.797. The van der Waals surface area contributed by atoms with Crippen molar-refractivity contribution in [2.75, 3.05) is 20.1 Å². The van der Waals surface area contributed by atoms with E-state index in [0.717, 1.165) is 12.5 Å². The molecule has 1 N–H and O–H groups in total. The predicted octanol–water partition coefficient (Wildman–Crippen LogP) is 1.14. The molecular weight excluding hydrogens is 124 g/mol. The van der Waals surface area contributed by atoms with Gasteiger partial charge in [-0.25, -0.2) is 0 Å². The molecule has 0 amide bonds. The predicted molar refractivity (Wildman–Crippen MR) is 42.8 cm³/mol. The highest BCUT2D eigenvalue weighted by atomic mass is 15.1. The van der Waals surface area contributed by atoms with Gasteiger partial charge in [-0.05, 0) is 39.3 Å². The molecule has 1 radical (unpaired) electrons. The summed E-state index contributed by atoms with van der Waals surface area (Å²) in [6.07, 6.45) is 5.03. The smallest absolute Gasteiger partial charge is 0.0100 e. The molecule has 1 atom stereocenters. The van der Waals surface area contributed by atoms with E-state index in [4.69, 9.17) is 5.73 Å². The molecule has 2 heteroatoms. The number of likely N-dealkylation sites (tertiary alicyclic amines) is 1. The van der Waals surface area contributed by atoms with Gasteiger partial charge in [0.2, 0.25) is 0 Å². The molecule has 0 aromatic rings. The molecule has 10 heavy (non-hydrogen) atoms. The molecule has 1 rings (SSSR count). The third kappa shape index (κ3) is 1.96. The molecule has 0 spiro atoms. The van der Waals surface area contributed by atoms with Crippen molar-refractivity contribution in [3.05, 3.63) is 0 Å². The minimum absolute atomic E-state index is 0.602. The Labute approximate surface area is 63.4 Å². The van der Waals surface area contributed by atoms with Crippen LogP contribution in [0.3, 0.4) is 0 Å². The van der Waals surface area contributed by atoms with Gasteiger partial charge in [0, 0.05) is 12.6 Å². The van der Waals surface area contributed by atoms with Gasteiger partial charge in [-0.15, -0.1) is 0 Å². The second-order valence-corrected chi connectivity index (χ2v) is 3.17. The standard InChI is InChI=1S/C8H17N2/c1-10-7-3-5-8(10)4-2-6-9/h8-9H,2-7H2,1H3. The Hall–Kier alpha value is -0.0800. The van der Waals surface area contributed by atoms with Gasteiger partial charge in [-0.3, -0.25) is 5.73 Å². The number of nitrogens with zero attached hydrogens (tertiary/aromatic N) is 1. The van der Waals surface area contributed by atoms with E-state index in [-0.39, 0.29) is 0 Å². The normalized spacial score (nSPS) is 27.6. The van der Waals surface area contributed by atoms with Gasteiger partial charge in [0.15, 0.2) is 0 Å². The van der Waals surface area contributed by atoms with Crippen molar-refractivity contribution >= 4 is 0 Å². The molecule has 1 saturated heterocycles. The third-order valence-corrected chi connectivity index (χ3v) is 2.39. The van der Waals surface area contributed by atoms with Crippen LogP contribution in [0.1, 0.15) is 25.7 Å². The van der Waals surface area contributed by atoms with Gasteiger partial charge in [-0.1, -0.05) is 0 Å². The lowest BCUT2D eigenvalue weighted by Gasteiger charge is -2.18. The molecule has 1 aliphatic heterocycles. The third-order valence-electron chi connectivity index (χ3n) is 2.39. The van der Waals surface area contributed by atoms with Gasteiger partial charge in [0.25, 0.3) is 0 Å². The van der Waals surface area contributed by atoms with Crippen LogP contribution in [0, 0.1) is 0 Å². The topological polar surface area (TPSA) is 27.0 Å². The van der Waals surface area contributed by atoms with Crippen molar-refractivity contribution in [2.45, 2.75) is 31.7 Å². The molecule has 1 fully saturated rings. The summed E-state index contributed by atoms with van der Waals surface area (Å²) < 4.78 is 0. The summed E-state index contributed by atoms with van der Waals surface area (Å²) >= 11 is 0. The molecule has 0 aliphatic carbocycles. The summed E-state index contributed by atoms with van der Waals surface area (Å²) in [5.74, 6) is 0. The maximum absolute atomic E-state index is 7.01. The van der Waals surface area contributed by atoms with Crippen LogP contribution in [-0.4, -0.2) is 31.1 Å². The molecule has 1 unspecified atom stereocenters. The fraction of sp³-hybridized carbons (Fsp3) is 1.00. The fourth-order valence-electron chi connectivity index (χ4n) is 1.68. The summed E-state index contributed by atoms with van der Waals surface area (Å²) in [5.41, 5.74) is 7.01. The number of rotatable bonds is 3. The minimum Gasteiger partial charge on any atom is -0.303 e. The van der Waals surface area contributed by atoms with E-state index in [1.165, 1.54) is 25.8 Å². The average molecular weight is 141 g/mol. The van der Waals surface area contributed by atoms with E-state index in [1.54, 1.807) is 0 Å². The highest BCUT2D eigenvalue weighted by Gasteiger charge is 2.19. The zero-order chi connectivity index (χ0) is 7.40. The van der Waals surface area contributed by atoms with Crippen molar-refractivity contribution in [3.63, 3.8) is 0 Å². The maximum Gasteiger partial charge on any atom is 0.0100 e. The highest BCUT2D eigenvalue weighted by Crippen LogP contribution is 2.18. The van der Waals surface area contributed by atoms with Crippen molar-refractivity contribution < 1.29 is 0 Å². The lowest BCUT2D eigenvalue weighted by molar-refractivity contribution is 0.293. The fourth-order valence-corrected chi connectivity index (χ4v) is 1.68. The molecule has 1 heterocycles. The second-order valence-electron chi connectivity index (χ2n) is 3.17. The Balaban J connectivity index is 2.14. The Kier molecular flexibility index (Phi) is 3.16. The molecular formula is C8H17N2. The molecule has 0 saturated carbocycles. The highest BCUT2D eigenvalue weighted by molar-refractivity contribution is 4.75. The quantitative estimate of drug-likeness (QED) is 0.579. The molecule has 59 valence electrons. The Bertz CT molecular complexity index is 93.3. The average Bonchev–Trinajstić information content (AvgIpc) is 2.31. The van der Waals surface area contributed by atoms with E-state index in [0.29, 0.717) is 6.54 Å². The van der Waals surface area contributed by atoms with Crippen LogP contribution in [0.15, 0.2) is 0 Å². The first-order chi connectivity index (χ1) is 4.84. The largest absolute Gasteiger partial charge is 0.303 e. The van der Waals surface area contributed by atoms with Crippen molar-refractivity contribution in [3.8, 4) is 0 Å². The first-order valence-electron chi connectivity index (χ1n) is 4.19. The lowest BCUT2D eigenvalue weighted by Crippen LogP contribution is -2.24. The summed E-state index contributed by atoms with van der Waals surface area (Å²) in [6.45, 7) is 1.87. The van der Waals surface area contributed by atoms with E-state index < -0.39 is 0 Å². The number of nitrogens with one attached hydrogen (secondary N) is 1. The molecule has 1 aliphatic rings. The molecule has 0 aromatic carbocycles. The Morgan fingerprint density at radius 2 is 2.40 bits per heavy atom. The van der Waals surface area contributed by atoms with Crippen molar-refractivity contribution in [1.82, 2.24) is 10.6 Å². The molecule has 2 nitrogen and oxygen atoms in total. The minimum atomic E-state index is 0.602. The zero-order valence-corrected chi connectivity index (χ0v) is 6.77. The first-order valence-corrected chi connectivity index (χ1v) is 4.19. The Morgan fingerprint density at radius 1 is 1.60 bits per heavy atom. The number of hydrogen-bond acceptors (Lipinski definition) is 1. The van der Waals surface area contributed by atoms with Crippen LogP contribution in [-0.2, 0) is 0 Å². The van der Waals surface area contributed by atoms with Crippen LogP contribution in [0.5, 0.6) is 0 Å². The second kappa shape index (κ2) is 3.94. The SMILES string of the molecule is CN1CCCC1CCC[NH]. The van der Waals surface area contributed by atoms with E-state index in [2.05, 4.69) is 11.9 Å². The van der Waals surface area contributed by atoms with Crippen molar-refractivity contribution in [1.29, 1.82) is 0 Å². The first kappa shape index (κ1) is 8.02. The summed E-state index contributed by atoms with van der Waals surface area (Å²) in [5, 5.41) is 0. The molecule has 0 aromatic heterocycles. The van der Waals surface area contributed by atoms with E-state index in [1.807, 2.05) is 0 Å². The van der Waals surface area contributed by atoms with Gasteiger partial charge in [0.05, 0.1) is 0 Å². The summed E-state index contributed by atoms with van der Waals surface area (Å²) in [4.78, 5) is 2.43. The zero-order valence-electron chi connectivity index (χ0n) is 6.77. The van der Waals surface area contributed by atoms with Crippen LogP contribution >= 0.6 is 0 Å². The monoisotopic (exact) mass is 141 g/mol. The molecule has 0 bridgehead atoms. The lowest BCUT2D eigenvalue weighted by atomic mass is 10.1. The van der Waals surface area contributed by atoms with E-state index >= 15 is 0 Å². The Morgan fingerprint density at radius 3 is 2.90 bits per heavy atom. The van der Waals surface area contributed by atoms with Gasteiger partial charge in [0.1, 0.15) is 0 Å². The van der Waals surface area contributed by atoms with Gasteiger partial charge < -0.3 is 4.90 Å². The van der Waals surface area contributed by atoms with Gasteiger partial charge >= 0.3 is 0 Å². The maximum atomic E-state index is 7.01. The van der Waals surface area contributed by atoms with Crippen LogP contribution in [0.2, 0.25) is 0 Å². The van der Waals surface area contributed by atoms with Crippen LogP contribution < -0.4 is 5.73 Å². The summed E-state index contributed by atoms with van der Waals surface area (Å²) in [7, 11) is 2.20. The van der Waals surface area contributed by atoms with Crippen molar-refractivity contribution in [2.24, 2.45) is 0 Å². The van der Waals surface area contributed by atoms with E-state index in [9.17, 15) is 0 Å². The van der Waals surface area contributed by atoms with Crippen LogP contribution in [0.4, 0.5) is 0 Å². The van der Waals surface area contributed by atoms with Gasteiger partial charge in [-0.2, -0.15) is 0 Å².